The lowest BCUT2D eigenvalue weighted by Gasteiger charge is -2.08. The monoisotopic (exact) mass is 287 g/mol. The number of aryl methyl sites for hydroxylation is 1. The van der Waals surface area contributed by atoms with Crippen molar-refractivity contribution >= 4 is 23.4 Å². The molecule has 0 heterocycles. The van der Waals surface area contributed by atoms with Gasteiger partial charge in [-0.15, -0.1) is 11.8 Å². The SMILES string of the molecule is COC(=O)c1ccc(SCc2cccc(C)c2)c(N)c1. The van der Waals surface area contributed by atoms with Crippen LogP contribution in [0.1, 0.15) is 21.5 Å². The number of thioether (sulfide) groups is 1. The average Bonchev–Trinajstić information content (AvgIpc) is 2.45. The number of benzene rings is 2. The maximum Gasteiger partial charge on any atom is 0.337 e. The number of carbonyl (C=O) groups is 1. The molecule has 2 N–H and O–H groups in total. The number of hydrogen-bond donors (Lipinski definition) is 1. The van der Waals surface area contributed by atoms with E-state index < -0.39 is 0 Å². The minimum absolute atomic E-state index is 0.369. The molecule has 0 radical (unpaired) electrons. The van der Waals surface area contributed by atoms with Crippen LogP contribution in [0.15, 0.2) is 47.4 Å². The van der Waals surface area contributed by atoms with Crippen molar-refractivity contribution in [3.05, 3.63) is 59.2 Å². The Kier molecular flexibility index (Phi) is 4.69. The summed E-state index contributed by atoms with van der Waals surface area (Å²) in [7, 11) is 1.36. The van der Waals surface area contributed by atoms with Crippen molar-refractivity contribution in [1.82, 2.24) is 0 Å². The molecule has 0 saturated heterocycles. The van der Waals surface area contributed by atoms with Crippen LogP contribution in [0, 0.1) is 6.92 Å². The summed E-state index contributed by atoms with van der Waals surface area (Å²) in [5.74, 6) is 0.482. The number of esters is 1. The van der Waals surface area contributed by atoms with Crippen LogP contribution in [-0.4, -0.2) is 13.1 Å². The Labute approximate surface area is 123 Å². The molecule has 0 aromatic heterocycles. The lowest BCUT2D eigenvalue weighted by Crippen LogP contribution is -2.02. The zero-order valence-corrected chi connectivity index (χ0v) is 12.4. The molecule has 0 bridgehead atoms. The molecular formula is C16H17NO2S. The van der Waals surface area contributed by atoms with Crippen molar-refractivity contribution in [1.29, 1.82) is 0 Å². The summed E-state index contributed by atoms with van der Waals surface area (Å²) in [4.78, 5) is 12.4. The summed E-state index contributed by atoms with van der Waals surface area (Å²) in [6.45, 7) is 2.08. The lowest BCUT2D eigenvalue weighted by molar-refractivity contribution is 0.0600. The fourth-order valence-electron chi connectivity index (χ4n) is 1.89. The average molecular weight is 287 g/mol. The van der Waals surface area contributed by atoms with Crippen LogP contribution in [0.4, 0.5) is 5.69 Å². The first-order valence-corrected chi connectivity index (χ1v) is 7.25. The Balaban J connectivity index is 2.08. The van der Waals surface area contributed by atoms with Crippen molar-refractivity contribution in [3.63, 3.8) is 0 Å². The minimum atomic E-state index is -0.369. The fraction of sp³-hybridized carbons (Fsp3) is 0.188. The van der Waals surface area contributed by atoms with E-state index in [-0.39, 0.29) is 5.97 Å². The van der Waals surface area contributed by atoms with Crippen molar-refractivity contribution in [2.45, 2.75) is 17.6 Å². The number of methoxy groups -OCH3 is 1. The number of anilines is 1. The zero-order valence-electron chi connectivity index (χ0n) is 11.6. The minimum Gasteiger partial charge on any atom is -0.465 e. The van der Waals surface area contributed by atoms with Crippen molar-refractivity contribution in [2.24, 2.45) is 0 Å². The first-order valence-electron chi connectivity index (χ1n) is 6.26. The summed E-state index contributed by atoms with van der Waals surface area (Å²) in [5.41, 5.74) is 9.56. The van der Waals surface area contributed by atoms with Crippen LogP contribution >= 0.6 is 11.8 Å². The van der Waals surface area contributed by atoms with Crippen LogP contribution < -0.4 is 5.73 Å². The molecule has 0 saturated carbocycles. The first-order chi connectivity index (χ1) is 9.60. The van der Waals surface area contributed by atoms with Crippen LogP contribution in [0.5, 0.6) is 0 Å². The number of nitrogen functional groups attached to an aromatic ring is 1. The van der Waals surface area contributed by atoms with E-state index in [2.05, 4.69) is 35.9 Å². The van der Waals surface area contributed by atoms with Crippen LogP contribution in [0.2, 0.25) is 0 Å². The first kappa shape index (κ1) is 14.5. The standard InChI is InChI=1S/C16H17NO2S/c1-11-4-3-5-12(8-11)10-20-15-7-6-13(9-14(15)17)16(18)19-2/h3-9H,10,17H2,1-2H3. The fourth-order valence-corrected chi connectivity index (χ4v) is 2.78. The van der Waals surface area contributed by atoms with Gasteiger partial charge in [0.1, 0.15) is 0 Å². The molecule has 104 valence electrons. The largest absolute Gasteiger partial charge is 0.465 e. The Morgan fingerprint density at radius 3 is 2.70 bits per heavy atom. The summed E-state index contributed by atoms with van der Waals surface area (Å²) in [6, 6.07) is 13.6. The van der Waals surface area contributed by atoms with Crippen LogP contribution in [0.3, 0.4) is 0 Å². The maximum absolute atomic E-state index is 11.4. The Morgan fingerprint density at radius 1 is 1.25 bits per heavy atom. The van der Waals surface area contributed by atoms with E-state index in [1.54, 1.807) is 23.9 Å². The van der Waals surface area contributed by atoms with E-state index in [1.807, 2.05) is 6.07 Å². The smallest absolute Gasteiger partial charge is 0.337 e. The second kappa shape index (κ2) is 6.48. The maximum atomic E-state index is 11.4. The number of nitrogens with two attached hydrogens (primary N) is 1. The predicted molar refractivity (Wildman–Crippen MR) is 82.9 cm³/mol. The van der Waals surface area contributed by atoms with Gasteiger partial charge in [0.05, 0.1) is 12.7 Å². The second-order valence-corrected chi connectivity index (χ2v) is 5.54. The van der Waals surface area contributed by atoms with E-state index in [0.717, 1.165) is 10.6 Å². The molecule has 0 atom stereocenters. The van der Waals surface area contributed by atoms with Gasteiger partial charge in [-0.3, -0.25) is 0 Å². The van der Waals surface area contributed by atoms with E-state index in [4.69, 9.17) is 5.73 Å². The Hall–Kier alpha value is -1.94. The molecule has 4 heteroatoms. The van der Waals surface area contributed by atoms with Gasteiger partial charge >= 0.3 is 5.97 Å². The molecule has 20 heavy (non-hydrogen) atoms. The molecule has 2 aromatic rings. The van der Waals surface area contributed by atoms with E-state index >= 15 is 0 Å². The number of hydrogen-bond acceptors (Lipinski definition) is 4. The number of carbonyl (C=O) groups excluding carboxylic acids is 1. The Bertz CT molecular complexity index is 626. The third-order valence-corrected chi connectivity index (χ3v) is 4.07. The highest BCUT2D eigenvalue weighted by atomic mass is 32.2. The predicted octanol–water partition coefficient (Wildman–Crippen LogP) is 3.66. The summed E-state index contributed by atoms with van der Waals surface area (Å²) < 4.78 is 4.67. The normalized spacial score (nSPS) is 10.3. The van der Waals surface area contributed by atoms with Gasteiger partial charge in [0.25, 0.3) is 0 Å². The third-order valence-electron chi connectivity index (χ3n) is 2.91. The van der Waals surface area contributed by atoms with Crippen LogP contribution in [-0.2, 0) is 10.5 Å². The van der Waals surface area contributed by atoms with Crippen LogP contribution in [0.25, 0.3) is 0 Å². The van der Waals surface area contributed by atoms with Gasteiger partial charge in [-0.25, -0.2) is 4.79 Å². The van der Waals surface area contributed by atoms with Crippen molar-refractivity contribution in [2.75, 3.05) is 12.8 Å². The highest BCUT2D eigenvalue weighted by Crippen LogP contribution is 2.29. The van der Waals surface area contributed by atoms with Gasteiger partial charge in [0, 0.05) is 16.3 Å². The lowest BCUT2D eigenvalue weighted by atomic mass is 10.2. The molecule has 2 rings (SSSR count). The number of rotatable bonds is 4. The quantitative estimate of drug-likeness (QED) is 0.530. The summed E-state index contributed by atoms with van der Waals surface area (Å²) >= 11 is 1.66. The van der Waals surface area contributed by atoms with Gasteiger partial charge in [-0.2, -0.15) is 0 Å². The second-order valence-electron chi connectivity index (χ2n) is 4.52. The molecule has 0 aliphatic heterocycles. The van der Waals surface area contributed by atoms with Crippen molar-refractivity contribution < 1.29 is 9.53 Å². The molecule has 0 aliphatic rings. The molecule has 3 nitrogen and oxygen atoms in total. The topological polar surface area (TPSA) is 52.3 Å². The van der Waals surface area contributed by atoms with Gasteiger partial charge in [-0.1, -0.05) is 29.8 Å². The molecule has 2 aromatic carbocycles. The van der Waals surface area contributed by atoms with Gasteiger partial charge < -0.3 is 10.5 Å². The summed E-state index contributed by atoms with van der Waals surface area (Å²) in [6.07, 6.45) is 0. The summed E-state index contributed by atoms with van der Waals surface area (Å²) in [5, 5.41) is 0. The van der Waals surface area contributed by atoms with E-state index in [1.165, 1.54) is 18.2 Å². The molecule has 0 amide bonds. The highest BCUT2D eigenvalue weighted by Gasteiger charge is 2.08. The van der Waals surface area contributed by atoms with Gasteiger partial charge in [0.15, 0.2) is 0 Å². The molecule has 0 aliphatic carbocycles. The highest BCUT2D eigenvalue weighted by molar-refractivity contribution is 7.98. The van der Waals surface area contributed by atoms with Gasteiger partial charge in [-0.05, 0) is 30.7 Å². The van der Waals surface area contributed by atoms with E-state index in [9.17, 15) is 4.79 Å². The molecule has 0 unspecified atom stereocenters. The zero-order chi connectivity index (χ0) is 14.5. The Morgan fingerprint density at radius 2 is 2.05 bits per heavy atom. The molecular weight excluding hydrogens is 270 g/mol. The third kappa shape index (κ3) is 3.54. The van der Waals surface area contributed by atoms with E-state index in [0.29, 0.717) is 11.3 Å². The molecule has 0 spiro atoms. The molecule has 0 fully saturated rings. The van der Waals surface area contributed by atoms with Gasteiger partial charge in [0.2, 0.25) is 0 Å². The van der Waals surface area contributed by atoms with Crippen molar-refractivity contribution in [3.8, 4) is 0 Å². The number of ether oxygens (including phenoxy) is 1.